The normalized spacial score (nSPS) is 13.9. The Labute approximate surface area is 117 Å². The minimum Gasteiger partial charge on any atom is -0.496 e. The second kappa shape index (κ2) is 5.59. The van der Waals surface area contributed by atoms with Crippen LogP contribution >= 0.6 is 11.6 Å². The minimum absolute atomic E-state index is 0.405. The highest BCUT2D eigenvalue weighted by atomic mass is 35.5. The van der Waals surface area contributed by atoms with Crippen molar-refractivity contribution < 1.29 is 9.84 Å². The molecule has 19 heavy (non-hydrogen) atoms. The minimum atomic E-state index is -1.02. The van der Waals surface area contributed by atoms with Crippen LogP contribution in [0, 0.1) is 0 Å². The number of ether oxygens (including phenoxy) is 1. The first-order chi connectivity index (χ1) is 9.03. The summed E-state index contributed by atoms with van der Waals surface area (Å²) in [6, 6.07) is 9.04. The molecule has 0 saturated carbocycles. The van der Waals surface area contributed by atoms with Crippen LogP contribution in [0.4, 0.5) is 0 Å². The lowest BCUT2D eigenvalue weighted by Gasteiger charge is -2.24. The van der Waals surface area contributed by atoms with Gasteiger partial charge in [-0.15, -0.1) is 0 Å². The first-order valence-corrected chi connectivity index (χ1v) is 6.36. The van der Waals surface area contributed by atoms with E-state index >= 15 is 0 Å². The summed E-state index contributed by atoms with van der Waals surface area (Å²) in [5.74, 6) is 0.716. The molecule has 0 bridgehead atoms. The van der Waals surface area contributed by atoms with Crippen LogP contribution in [0.5, 0.6) is 5.75 Å². The summed E-state index contributed by atoms with van der Waals surface area (Å²) < 4.78 is 5.30. The molecule has 1 unspecified atom stereocenters. The molecule has 1 aromatic heterocycles. The van der Waals surface area contributed by atoms with E-state index in [9.17, 15) is 5.11 Å². The first-order valence-electron chi connectivity index (χ1n) is 5.98. The van der Waals surface area contributed by atoms with E-state index in [2.05, 4.69) is 4.98 Å². The second-order valence-corrected chi connectivity index (χ2v) is 5.08. The average Bonchev–Trinajstić information content (AvgIpc) is 2.39. The van der Waals surface area contributed by atoms with Gasteiger partial charge in [0.25, 0.3) is 0 Å². The quantitative estimate of drug-likeness (QED) is 0.933. The van der Waals surface area contributed by atoms with Crippen LogP contribution < -0.4 is 4.74 Å². The van der Waals surface area contributed by atoms with Crippen molar-refractivity contribution in [2.45, 2.75) is 18.9 Å². The fourth-order valence-electron chi connectivity index (χ4n) is 2.04. The average molecular weight is 278 g/mol. The highest BCUT2D eigenvalue weighted by Gasteiger charge is 2.25. The van der Waals surface area contributed by atoms with Crippen molar-refractivity contribution in [2.24, 2.45) is 0 Å². The molecule has 0 aliphatic heterocycles. The van der Waals surface area contributed by atoms with Gasteiger partial charge in [0.2, 0.25) is 0 Å². The topological polar surface area (TPSA) is 42.4 Å². The Hall–Kier alpha value is -1.58. The van der Waals surface area contributed by atoms with Crippen LogP contribution in [0.25, 0.3) is 0 Å². The summed E-state index contributed by atoms with van der Waals surface area (Å²) in [5.41, 5.74) is 0.604. The smallest absolute Gasteiger partial charge is 0.122 e. The number of nitrogens with zero attached hydrogens (tertiary/aromatic N) is 1. The van der Waals surface area contributed by atoms with Crippen LogP contribution in [0.15, 0.2) is 42.7 Å². The van der Waals surface area contributed by atoms with Gasteiger partial charge in [0, 0.05) is 29.4 Å². The Morgan fingerprint density at radius 1 is 1.37 bits per heavy atom. The van der Waals surface area contributed by atoms with Crippen molar-refractivity contribution in [3.05, 3.63) is 58.9 Å². The lowest BCUT2D eigenvalue weighted by molar-refractivity contribution is 0.0566. The van der Waals surface area contributed by atoms with Crippen LogP contribution in [0.1, 0.15) is 18.1 Å². The highest BCUT2D eigenvalue weighted by molar-refractivity contribution is 6.30. The molecule has 3 nitrogen and oxygen atoms in total. The molecular formula is C15H16ClNO2. The number of hydrogen-bond donors (Lipinski definition) is 1. The summed E-state index contributed by atoms with van der Waals surface area (Å²) in [6.45, 7) is 1.75. The summed E-state index contributed by atoms with van der Waals surface area (Å²) in [5, 5.41) is 11.2. The Kier molecular flexibility index (Phi) is 4.08. The van der Waals surface area contributed by atoms with Gasteiger partial charge in [-0.05, 0) is 36.8 Å². The molecule has 1 heterocycles. The van der Waals surface area contributed by atoms with Crippen molar-refractivity contribution >= 4 is 11.6 Å². The molecule has 0 fully saturated rings. The molecule has 0 amide bonds. The summed E-state index contributed by atoms with van der Waals surface area (Å²) in [7, 11) is 1.60. The summed E-state index contributed by atoms with van der Waals surface area (Å²) in [6.07, 6.45) is 3.75. The first kappa shape index (κ1) is 13.8. The van der Waals surface area contributed by atoms with Crippen molar-refractivity contribution in [1.29, 1.82) is 0 Å². The molecule has 2 aromatic rings. The van der Waals surface area contributed by atoms with Gasteiger partial charge in [-0.2, -0.15) is 0 Å². The van der Waals surface area contributed by atoms with Gasteiger partial charge >= 0.3 is 0 Å². The zero-order valence-electron chi connectivity index (χ0n) is 10.9. The zero-order valence-corrected chi connectivity index (χ0v) is 11.7. The Balaban J connectivity index is 2.32. The van der Waals surface area contributed by atoms with Gasteiger partial charge in [0.1, 0.15) is 5.75 Å². The molecule has 0 spiro atoms. The fourth-order valence-corrected chi connectivity index (χ4v) is 2.23. The summed E-state index contributed by atoms with van der Waals surface area (Å²) in [4.78, 5) is 4.04. The molecule has 0 aliphatic carbocycles. The van der Waals surface area contributed by atoms with E-state index in [0.717, 1.165) is 11.1 Å². The summed E-state index contributed by atoms with van der Waals surface area (Å²) >= 11 is 6.00. The highest BCUT2D eigenvalue weighted by Crippen LogP contribution is 2.30. The lowest BCUT2D eigenvalue weighted by Crippen LogP contribution is -2.24. The number of benzene rings is 1. The molecule has 1 atom stereocenters. The van der Waals surface area contributed by atoms with Gasteiger partial charge in [0.05, 0.1) is 12.7 Å². The maximum Gasteiger partial charge on any atom is 0.122 e. The predicted octanol–water partition coefficient (Wildman–Crippen LogP) is 3.19. The van der Waals surface area contributed by atoms with Crippen molar-refractivity contribution in [1.82, 2.24) is 4.98 Å². The van der Waals surface area contributed by atoms with Gasteiger partial charge in [0.15, 0.2) is 0 Å². The van der Waals surface area contributed by atoms with Crippen LogP contribution in [-0.4, -0.2) is 17.2 Å². The Morgan fingerprint density at radius 3 is 2.79 bits per heavy atom. The van der Waals surface area contributed by atoms with E-state index in [1.54, 1.807) is 44.6 Å². The fraction of sp³-hybridized carbons (Fsp3) is 0.267. The molecule has 0 saturated heterocycles. The number of hydrogen-bond acceptors (Lipinski definition) is 3. The number of pyridine rings is 1. The van der Waals surface area contributed by atoms with E-state index in [0.29, 0.717) is 17.2 Å². The monoisotopic (exact) mass is 277 g/mol. The predicted molar refractivity (Wildman–Crippen MR) is 75.5 cm³/mol. The molecular weight excluding hydrogens is 262 g/mol. The van der Waals surface area contributed by atoms with E-state index < -0.39 is 5.60 Å². The van der Waals surface area contributed by atoms with Crippen molar-refractivity contribution in [3.8, 4) is 5.75 Å². The number of rotatable bonds is 4. The third-order valence-corrected chi connectivity index (χ3v) is 3.30. The van der Waals surface area contributed by atoms with E-state index in [1.807, 2.05) is 12.1 Å². The lowest BCUT2D eigenvalue weighted by atomic mass is 9.90. The van der Waals surface area contributed by atoms with E-state index in [4.69, 9.17) is 16.3 Å². The van der Waals surface area contributed by atoms with Gasteiger partial charge < -0.3 is 9.84 Å². The zero-order chi connectivity index (χ0) is 13.9. The molecule has 2 rings (SSSR count). The van der Waals surface area contributed by atoms with Gasteiger partial charge in [-0.3, -0.25) is 4.98 Å². The van der Waals surface area contributed by atoms with Gasteiger partial charge in [-0.25, -0.2) is 0 Å². The number of methoxy groups -OCH3 is 1. The Bertz CT molecular complexity index is 555. The molecule has 4 heteroatoms. The molecule has 1 N–H and O–H groups in total. The number of halogens is 1. The maximum atomic E-state index is 10.6. The third kappa shape index (κ3) is 3.25. The van der Waals surface area contributed by atoms with Crippen molar-refractivity contribution in [3.63, 3.8) is 0 Å². The maximum absolute atomic E-state index is 10.6. The van der Waals surface area contributed by atoms with Crippen LogP contribution in [-0.2, 0) is 12.0 Å². The second-order valence-electron chi connectivity index (χ2n) is 4.65. The Morgan fingerprint density at radius 2 is 2.16 bits per heavy atom. The molecule has 1 aromatic carbocycles. The largest absolute Gasteiger partial charge is 0.496 e. The standard InChI is InChI=1S/C15H16ClNO2/c1-15(18,12-4-3-7-17-10-12)9-11-8-13(16)5-6-14(11)19-2/h3-8,10,18H,9H2,1-2H3. The SMILES string of the molecule is COc1ccc(Cl)cc1CC(C)(O)c1cccnc1. The van der Waals surface area contributed by atoms with E-state index in [-0.39, 0.29) is 0 Å². The molecule has 0 aliphatic rings. The number of aliphatic hydroxyl groups is 1. The van der Waals surface area contributed by atoms with E-state index in [1.165, 1.54) is 0 Å². The van der Waals surface area contributed by atoms with Crippen molar-refractivity contribution in [2.75, 3.05) is 7.11 Å². The molecule has 100 valence electrons. The van der Waals surface area contributed by atoms with Crippen LogP contribution in [0.2, 0.25) is 5.02 Å². The number of aromatic nitrogens is 1. The van der Waals surface area contributed by atoms with Crippen LogP contribution in [0.3, 0.4) is 0 Å². The van der Waals surface area contributed by atoms with Gasteiger partial charge in [-0.1, -0.05) is 17.7 Å². The molecule has 0 radical (unpaired) electrons. The third-order valence-electron chi connectivity index (χ3n) is 3.06.